The summed E-state index contributed by atoms with van der Waals surface area (Å²) in [6, 6.07) is 4.27. The van der Waals surface area contributed by atoms with Crippen molar-refractivity contribution in [1.82, 2.24) is 0 Å². The number of nitrogens with zero attached hydrogens (tertiary/aromatic N) is 1. The van der Waals surface area contributed by atoms with Crippen LogP contribution in [0, 0.1) is 16.0 Å². The van der Waals surface area contributed by atoms with Crippen LogP contribution in [0.3, 0.4) is 0 Å². The molecule has 0 bridgehead atoms. The lowest BCUT2D eigenvalue weighted by atomic mass is 10.0. The van der Waals surface area contributed by atoms with Crippen LogP contribution < -0.4 is 5.73 Å². The fourth-order valence-electron chi connectivity index (χ4n) is 1.67. The van der Waals surface area contributed by atoms with Gasteiger partial charge in [0, 0.05) is 22.7 Å². The minimum Gasteiger partial charge on any atom is -0.324 e. The Morgan fingerprint density at radius 1 is 1.53 bits per heavy atom. The maximum Gasteiger partial charge on any atom is 0.274 e. The largest absolute Gasteiger partial charge is 0.324 e. The van der Waals surface area contributed by atoms with Crippen molar-refractivity contribution >= 4 is 17.3 Å². The summed E-state index contributed by atoms with van der Waals surface area (Å²) in [6.07, 6.45) is 2.09. The van der Waals surface area contributed by atoms with E-state index in [9.17, 15) is 10.1 Å². The monoisotopic (exact) mass is 226 g/mol. The van der Waals surface area contributed by atoms with Gasteiger partial charge in [0.25, 0.3) is 5.69 Å². The van der Waals surface area contributed by atoms with Crippen molar-refractivity contribution in [2.24, 2.45) is 11.7 Å². The quantitative estimate of drug-likeness (QED) is 0.636. The zero-order valence-electron chi connectivity index (χ0n) is 8.02. The summed E-state index contributed by atoms with van der Waals surface area (Å²) in [5.74, 6) is 0.377. The first-order valence-corrected chi connectivity index (χ1v) is 5.17. The van der Waals surface area contributed by atoms with Gasteiger partial charge in [-0.15, -0.1) is 0 Å². The SMILES string of the molecule is N[C@@H](c1cc(Cl)ccc1[N+](=O)[O-])C1CC1. The van der Waals surface area contributed by atoms with Gasteiger partial charge < -0.3 is 5.73 Å². The predicted molar refractivity (Wildman–Crippen MR) is 57.8 cm³/mol. The van der Waals surface area contributed by atoms with Crippen molar-refractivity contribution in [3.63, 3.8) is 0 Å². The zero-order chi connectivity index (χ0) is 11.0. The van der Waals surface area contributed by atoms with Crippen LogP contribution in [0.1, 0.15) is 24.4 Å². The van der Waals surface area contributed by atoms with Gasteiger partial charge in [-0.05, 0) is 30.9 Å². The van der Waals surface area contributed by atoms with Crippen LogP contribution in [-0.4, -0.2) is 4.92 Å². The van der Waals surface area contributed by atoms with E-state index in [1.54, 1.807) is 6.07 Å². The molecule has 1 aromatic rings. The Kier molecular flexibility index (Phi) is 2.63. The van der Waals surface area contributed by atoms with Gasteiger partial charge in [0.1, 0.15) is 0 Å². The lowest BCUT2D eigenvalue weighted by Crippen LogP contribution is -2.14. The standard InChI is InChI=1S/C10H11ClN2O2/c11-7-3-4-9(13(14)15)8(5-7)10(12)6-1-2-6/h3-6,10H,1-2,12H2/t10-/m1/s1. The summed E-state index contributed by atoms with van der Waals surface area (Å²) >= 11 is 5.81. The fraction of sp³-hybridized carbons (Fsp3) is 0.400. The molecule has 0 saturated heterocycles. The average molecular weight is 227 g/mol. The van der Waals surface area contributed by atoms with Crippen LogP contribution in [0.25, 0.3) is 0 Å². The molecule has 0 aromatic heterocycles. The summed E-state index contributed by atoms with van der Waals surface area (Å²) in [7, 11) is 0. The summed E-state index contributed by atoms with van der Waals surface area (Å²) in [4.78, 5) is 10.4. The van der Waals surface area contributed by atoms with Crippen molar-refractivity contribution in [2.75, 3.05) is 0 Å². The third-order valence-corrected chi connectivity index (χ3v) is 2.91. The highest BCUT2D eigenvalue weighted by Crippen LogP contribution is 2.42. The lowest BCUT2D eigenvalue weighted by molar-refractivity contribution is -0.385. The normalized spacial score (nSPS) is 17.5. The van der Waals surface area contributed by atoms with E-state index < -0.39 is 4.92 Å². The van der Waals surface area contributed by atoms with Gasteiger partial charge in [0.2, 0.25) is 0 Å². The minimum atomic E-state index is -0.409. The molecule has 1 aromatic carbocycles. The second-order valence-corrected chi connectivity index (χ2v) is 4.26. The molecular formula is C10H11ClN2O2. The molecule has 1 saturated carbocycles. The Balaban J connectivity index is 2.41. The number of nitro groups is 1. The molecule has 1 aliphatic carbocycles. The Morgan fingerprint density at radius 2 is 2.20 bits per heavy atom. The van der Waals surface area contributed by atoms with Crippen LogP contribution in [0.4, 0.5) is 5.69 Å². The van der Waals surface area contributed by atoms with Crippen molar-refractivity contribution in [1.29, 1.82) is 0 Å². The van der Waals surface area contributed by atoms with Gasteiger partial charge >= 0.3 is 0 Å². The molecule has 1 aliphatic rings. The number of hydrogen-bond donors (Lipinski definition) is 1. The second kappa shape index (κ2) is 3.79. The minimum absolute atomic E-state index is 0.0683. The first-order chi connectivity index (χ1) is 7.09. The molecular weight excluding hydrogens is 216 g/mol. The topological polar surface area (TPSA) is 69.2 Å². The summed E-state index contributed by atoms with van der Waals surface area (Å²) in [5, 5.41) is 11.3. The van der Waals surface area contributed by atoms with E-state index in [-0.39, 0.29) is 11.7 Å². The van der Waals surface area contributed by atoms with Gasteiger partial charge in [0.05, 0.1) is 4.92 Å². The zero-order valence-corrected chi connectivity index (χ0v) is 8.78. The molecule has 0 heterocycles. The van der Waals surface area contributed by atoms with E-state index >= 15 is 0 Å². The molecule has 1 fully saturated rings. The highest BCUT2D eigenvalue weighted by atomic mass is 35.5. The molecule has 80 valence electrons. The molecule has 2 rings (SSSR count). The molecule has 0 radical (unpaired) electrons. The molecule has 0 unspecified atom stereocenters. The van der Waals surface area contributed by atoms with Gasteiger partial charge in [-0.25, -0.2) is 0 Å². The average Bonchev–Trinajstić information content (AvgIpc) is 2.99. The van der Waals surface area contributed by atoms with E-state index in [2.05, 4.69) is 0 Å². The fourth-order valence-corrected chi connectivity index (χ4v) is 1.85. The number of rotatable bonds is 3. The Bertz CT molecular complexity index is 404. The van der Waals surface area contributed by atoms with E-state index in [0.717, 1.165) is 12.8 Å². The molecule has 15 heavy (non-hydrogen) atoms. The number of nitro benzene ring substituents is 1. The van der Waals surface area contributed by atoms with E-state index in [1.165, 1.54) is 12.1 Å². The second-order valence-electron chi connectivity index (χ2n) is 3.82. The molecule has 1 atom stereocenters. The molecule has 0 spiro atoms. The highest BCUT2D eigenvalue weighted by Gasteiger charge is 2.33. The maximum atomic E-state index is 10.8. The smallest absolute Gasteiger partial charge is 0.274 e. The van der Waals surface area contributed by atoms with Crippen LogP contribution in [0.5, 0.6) is 0 Å². The van der Waals surface area contributed by atoms with E-state index in [1.807, 2.05) is 0 Å². The van der Waals surface area contributed by atoms with Crippen molar-refractivity contribution in [2.45, 2.75) is 18.9 Å². The molecule has 0 amide bonds. The number of halogens is 1. The summed E-state index contributed by atoms with van der Waals surface area (Å²) in [6.45, 7) is 0. The van der Waals surface area contributed by atoms with Crippen molar-refractivity contribution in [3.05, 3.63) is 38.9 Å². The summed E-state index contributed by atoms with van der Waals surface area (Å²) in [5.41, 5.74) is 6.56. The Labute approximate surface area is 92.2 Å². The number of nitrogens with two attached hydrogens (primary N) is 1. The maximum absolute atomic E-state index is 10.8. The first-order valence-electron chi connectivity index (χ1n) is 4.79. The predicted octanol–water partition coefficient (Wildman–Crippen LogP) is 2.66. The first kappa shape index (κ1) is 10.4. The van der Waals surface area contributed by atoms with Crippen molar-refractivity contribution in [3.8, 4) is 0 Å². The highest BCUT2D eigenvalue weighted by molar-refractivity contribution is 6.30. The van der Waals surface area contributed by atoms with Gasteiger partial charge in [-0.3, -0.25) is 10.1 Å². The molecule has 4 nitrogen and oxygen atoms in total. The van der Waals surface area contributed by atoms with Crippen molar-refractivity contribution < 1.29 is 4.92 Å². The Morgan fingerprint density at radius 3 is 2.73 bits per heavy atom. The number of hydrogen-bond acceptors (Lipinski definition) is 3. The summed E-state index contributed by atoms with van der Waals surface area (Å²) < 4.78 is 0. The van der Waals surface area contributed by atoms with Gasteiger partial charge in [-0.1, -0.05) is 11.6 Å². The molecule has 0 aliphatic heterocycles. The Hall–Kier alpha value is -1.13. The van der Waals surface area contributed by atoms with E-state index in [4.69, 9.17) is 17.3 Å². The van der Waals surface area contributed by atoms with Crippen LogP contribution in [0.15, 0.2) is 18.2 Å². The van der Waals surface area contributed by atoms with Crippen LogP contribution in [-0.2, 0) is 0 Å². The van der Waals surface area contributed by atoms with Gasteiger partial charge in [0.15, 0.2) is 0 Å². The van der Waals surface area contributed by atoms with Gasteiger partial charge in [-0.2, -0.15) is 0 Å². The molecule has 2 N–H and O–H groups in total. The van der Waals surface area contributed by atoms with E-state index in [0.29, 0.717) is 16.5 Å². The molecule has 5 heteroatoms. The van der Waals surface area contributed by atoms with Crippen LogP contribution in [0.2, 0.25) is 5.02 Å². The third-order valence-electron chi connectivity index (χ3n) is 2.68. The number of benzene rings is 1. The third kappa shape index (κ3) is 2.11. The van der Waals surface area contributed by atoms with Crippen LogP contribution >= 0.6 is 11.6 Å². The lowest BCUT2D eigenvalue weighted by Gasteiger charge is -2.11.